The number of hydrogen-bond acceptors (Lipinski definition) is 4. The van der Waals surface area contributed by atoms with Crippen molar-refractivity contribution >= 4 is 21.8 Å². The van der Waals surface area contributed by atoms with Crippen LogP contribution in [0.4, 0.5) is 0 Å². The maximum absolute atomic E-state index is 12.2. The number of carbonyl (C=O) groups is 1. The summed E-state index contributed by atoms with van der Waals surface area (Å²) in [6, 6.07) is 11.0. The highest BCUT2D eigenvalue weighted by Crippen LogP contribution is 2.16. The topological polar surface area (TPSA) is 72.7 Å². The molecule has 0 fully saturated rings. The van der Waals surface area contributed by atoms with Gasteiger partial charge in [0.15, 0.2) is 5.82 Å². The molecule has 0 bridgehead atoms. The molecule has 3 aromatic rings. The summed E-state index contributed by atoms with van der Waals surface area (Å²) in [5.41, 5.74) is 1.45. The standard InChI is InChI=1S/C15H12BrN5O/c16-13-6-2-1-5-12(13)15(22)19-8-11-4-3-7-18-14(11)21-10-17-9-20-21/h1-7,9-10H,8H2,(H,19,22). The Morgan fingerprint density at radius 2 is 2.09 bits per heavy atom. The second-order valence-electron chi connectivity index (χ2n) is 4.49. The van der Waals surface area contributed by atoms with Crippen molar-refractivity contribution in [3.63, 3.8) is 0 Å². The van der Waals surface area contributed by atoms with E-state index in [0.29, 0.717) is 17.9 Å². The molecule has 1 N–H and O–H groups in total. The van der Waals surface area contributed by atoms with Gasteiger partial charge in [-0.1, -0.05) is 18.2 Å². The van der Waals surface area contributed by atoms with Crippen LogP contribution in [0.1, 0.15) is 15.9 Å². The average molecular weight is 358 g/mol. The molecule has 2 heterocycles. The van der Waals surface area contributed by atoms with Crippen LogP contribution in [-0.4, -0.2) is 25.7 Å². The Kier molecular flexibility index (Phi) is 4.24. The van der Waals surface area contributed by atoms with E-state index in [4.69, 9.17) is 0 Å². The summed E-state index contributed by atoms with van der Waals surface area (Å²) >= 11 is 3.37. The number of nitrogens with zero attached hydrogens (tertiary/aromatic N) is 4. The number of benzene rings is 1. The number of amides is 1. The maximum atomic E-state index is 12.2. The molecule has 0 radical (unpaired) electrons. The van der Waals surface area contributed by atoms with E-state index in [-0.39, 0.29) is 5.91 Å². The summed E-state index contributed by atoms with van der Waals surface area (Å²) in [5, 5.41) is 6.96. The van der Waals surface area contributed by atoms with Crippen LogP contribution in [0.5, 0.6) is 0 Å². The van der Waals surface area contributed by atoms with Crippen molar-refractivity contribution < 1.29 is 4.79 Å². The lowest BCUT2D eigenvalue weighted by Gasteiger charge is -2.10. The Hall–Kier alpha value is -2.54. The second-order valence-corrected chi connectivity index (χ2v) is 5.34. The molecule has 3 rings (SSSR count). The molecule has 1 amide bonds. The van der Waals surface area contributed by atoms with E-state index >= 15 is 0 Å². The largest absolute Gasteiger partial charge is 0.348 e. The first-order valence-corrected chi connectivity index (χ1v) is 7.36. The Morgan fingerprint density at radius 3 is 2.86 bits per heavy atom. The summed E-state index contributed by atoms with van der Waals surface area (Å²) in [4.78, 5) is 20.4. The lowest BCUT2D eigenvalue weighted by molar-refractivity contribution is 0.0950. The van der Waals surface area contributed by atoms with Crippen LogP contribution in [0.3, 0.4) is 0 Å². The van der Waals surface area contributed by atoms with E-state index in [2.05, 4.69) is 36.3 Å². The fourth-order valence-corrected chi connectivity index (χ4v) is 2.47. The first-order valence-electron chi connectivity index (χ1n) is 6.57. The van der Waals surface area contributed by atoms with Gasteiger partial charge in [-0.05, 0) is 34.1 Å². The molecular formula is C15H12BrN5O. The zero-order valence-electron chi connectivity index (χ0n) is 11.5. The van der Waals surface area contributed by atoms with Gasteiger partial charge in [0.1, 0.15) is 12.7 Å². The molecule has 110 valence electrons. The summed E-state index contributed by atoms with van der Waals surface area (Å²) < 4.78 is 2.33. The van der Waals surface area contributed by atoms with E-state index in [9.17, 15) is 4.79 Å². The van der Waals surface area contributed by atoms with Crippen LogP contribution in [0.15, 0.2) is 59.7 Å². The zero-order chi connectivity index (χ0) is 15.4. The quantitative estimate of drug-likeness (QED) is 0.777. The van der Waals surface area contributed by atoms with Gasteiger partial charge >= 0.3 is 0 Å². The molecule has 2 aromatic heterocycles. The van der Waals surface area contributed by atoms with Crippen LogP contribution in [0.25, 0.3) is 5.82 Å². The molecular weight excluding hydrogens is 346 g/mol. The maximum Gasteiger partial charge on any atom is 0.252 e. The number of pyridine rings is 1. The van der Waals surface area contributed by atoms with Gasteiger partial charge in [0.2, 0.25) is 0 Å². The van der Waals surface area contributed by atoms with E-state index in [1.165, 1.54) is 6.33 Å². The molecule has 22 heavy (non-hydrogen) atoms. The smallest absolute Gasteiger partial charge is 0.252 e. The predicted molar refractivity (Wildman–Crippen MR) is 84.5 cm³/mol. The molecule has 0 aliphatic heterocycles. The minimum atomic E-state index is -0.152. The third kappa shape index (κ3) is 3.04. The Balaban J connectivity index is 1.78. The summed E-state index contributed by atoms with van der Waals surface area (Å²) in [7, 11) is 0. The number of nitrogens with one attached hydrogen (secondary N) is 1. The molecule has 0 atom stereocenters. The van der Waals surface area contributed by atoms with Gasteiger partial charge in [-0.2, -0.15) is 5.10 Å². The number of carbonyl (C=O) groups excluding carboxylic acids is 1. The highest BCUT2D eigenvalue weighted by Gasteiger charge is 2.11. The number of halogens is 1. The zero-order valence-corrected chi connectivity index (χ0v) is 13.1. The van der Waals surface area contributed by atoms with Gasteiger partial charge in [0.05, 0.1) is 5.56 Å². The highest BCUT2D eigenvalue weighted by atomic mass is 79.9. The fourth-order valence-electron chi connectivity index (χ4n) is 2.01. The van der Waals surface area contributed by atoms with Crippen LogP contribution in [-0.2, 0) is 6.54 Å². The highest BCUT2D eigenvalue weighted by molar-refractivity contribution is 9.10. The van der Waals surface area contributed by atoms with Crippen molar-refractivity contribution in [2.45, 2.75) is 6.54 Å². The summed E-state index contributed by atoms with van der Waals surface area (Å²) in [6.45, 7) is 0.350. The lowest BCUT2D eigenvalue weighted by Crippen LogP contribution is -2.24. The number of hydrogen-bond donors (Lipinski definition) is 1. The van der Waals surface area contributed by atoms with Crippen LogP contribution in [0, 0.1) is 0 Å². The normalized spacial score (nSPS) is 10.4. The number of rotatable bonds is 4. The Morgan fingerprint density at radius 1 is 1.23 bits per heavy atom. The van der Waals surface area contributed by atoms with Gasteiger partial charge in [0, 0.05) is 22.8 Å². The van der Waals surface area contributed by atoms with E-state index in [1.54, 1.807) is 23.3 Å². The van der Waals surface area contributed by atoms with Crippen molar-refractivity contribution in [2.24, 2.45) is 0 Å². The second kappa shape index (κ2) is 6.48. The van der Waals surface area contributed by atoms with Crippen LogP contribution in [0.2, 0.25) is 0 Å². The van der Waals surface area contributed by atoms with Gasteiger partial charge in [0.25, 0.3) is 5.91 Å². The molecule has 0 spiro atoms. The van der Waals surface area contributed by atoms with Crippen molar-refractivity contribution in [1.82, 2.24) is 25.1 Å². The third-order valence-corrected chi connectivity index (χ3v) is 3.75. The molecule has 0 aliphatic rings. The molecule has 6 nitrogen and oxygen atoms in total. The van der Waals surface area contributed by atoms with Gasteiger partial charge in [-0.25, -0.2) is 14.6 Å². The number of aromatic nitrogens is 4. The van der Waals surface area contributed by atoms with Crippen LogP contribution < -0.4 is 5.32 Å². The minimum Gasteiger partial charge on any atom is -0.348 e. The third-order valence-electron chi connectivity index (χ3n) is 3.06. The molecule has 0 unspecified atom stereocenters. The van der Waals surface area contributed by atoms with Crippen molar-refractivity contribution in [2.75, 3.05) is 0 Å². The molecule has 0 aliphatic carbocycles. The monoisotopic (exact) mass is 357 g/mol. The van der Waals surface area contributed by atoms with Crippen molar-refractivity contribution in [3.8, 4) is 5.82 Å². The van der Waals surface area contributed by atoms with Gasteiger partial charge < -0.3 is 5.32 Å². The summed E-state index contributed by atoms with van der Waals surface area (Å²) in [6.07, 6.45) is 4.69. The van der Waals surface area contributed by atoms with E-state index in [0.717, 1.165) is 10.0 Å². The first-order chi connectivity index (χ1) is 10.8. The molecule has 1 aromatic carbocycles. The molecule has 0 saturated carbocycles. The van der Waals surface area contributed by atoms with Gasteiger partial charge in [-0.15, -0.1) is 0 Å². The van der Waals surface area contributed by atoms with Crippen LogP contribution >= 0.6 is 15.9 Å². The average Bonchev–Trinajstić information content (AvgIpc) is 3.07. The predicted octanol–water partition coefficient (Wildman–Crippen LogP) is 2.35. The minimum absolute atomic E-state index is 0.152. The molecule has 0 saturated heterocycles. The molecule has 7 heteroatoms. The Labute approximate surface area is 135 Å². The van der Waals surface area contributed by atoms with Crippen molar-refractivity contribution in [3.05, 3.63) is 70.8 Å². The van der Waals surface area contributed by atoms with Gasteiger partial charge in [-0.3, -0.25) is 4.79 Å². The summed E-state index contributed by atoms with van der Waals surface area (Å²) in [5.74, 6) is 0.494. The fraction of sp³-hybridized carbons (Fsp3) is 0.0667. The Bertz CT molecular complexity index is 788. The van der Waals surface area contributed by atoms with E-state index in [1.807, 2.05) is 30.3 Å². The van der Waals surface area contributed by atoms with E-state index < -0.39 is 0 Å². The SMILES string of the molecule is O=C(NCc1cccnc1-n1cncn1)c1ccccc1Br. The lowest BCUT2D eigenvalue weighted by atomic mass is 10.2. The first kappa shape index (κ1) is 14.4. The van der Waals surface area contributed by atoms with Crippen molar-refractivity contribution in [1.29, 1.82) is 0 Å².